The molecule has 0 atom stereocenters. The van der Waals surface area contributed by atoms with E-state index in [4.69, 9.17) is 4.74 Å². The van der Waals surface area contributed by atoms with E-state index in [1.807, 2.05) is 0 Å². The molecule has 0 saturated heterocycles. The second-order valence-corrected chi connectivity index (χ2v) is 3.70. The molecule has 0 saturated carbocycles. The molecule has 0 bridgehead atoms. The number of ketones is 1. The van der Waals surface area contributed by atoms with Gasteiger partial charge in [0.1, 0.15) is 5.82 Å². The Hall–Kier alpha value is -1.97. The molecule has 1 aromatic carbocycles. The van der Waals surface area contributed by atoms with Gasteiger partial charge in [-0.2, -0.15) is 0 Å². The monoisotopic (exact) mass is 250 g/mol. The number of benzene rings is 1. The van der Waals surface area contributed by atoms with Crippen LogP contribution < -0.4 is 0 Å². The molecule has 0 aliphatic heterocycles. The Labute approximate surface area is 105 Å². The van der Waals surface area contributed by atoms with Crippen LogP contribution in [0, 0.1) is 5.82 Å². The molecule has 18 heavy (non-hydrogen) atoms. The van der Waals surface area contributed by atoms with Gasteiger partial charge in [-0.3, -0.25) is 9.59 Å². The van der Waals surface area contributed by atoms with Crippen molar-refractivity contribution in [1.29, 1.82) is 0 Å². The first-order chi connectivity index (χ1) is 8.54. The van der Waals surface area contributed by atoms with E-state index in [0.717, 1.165) is 0 Å². The Balaban J connectivity index is 2.82. The number of halogens is 1. The summed E-state index contributed by atoms with van der Waals surface area (Å²) in [6, 6.07) is 3.93. The number of ether oxygens (including phenoxy) is 1. The van der Waals surface area contributed by atoms with Gasteiger partial charge in [0.25, 0.3) is 0 Å². The Bertz CT molecular complexity index is 478. The normalized spacial score (nSPS) is 10.6. The first kappa shape index (κ1) is 14.1. The average molecular weight is 250 g/mol. The minimum Gasteiger partial charge on any atom is -0.466 e. The summed E-state index contributed by atoms with van der Waals surface area (Å²) in [7, 11) is 0. The van der Waals surface area contributed by atoms with Gasteiger partial charge in [-0.25, -0.2) is 4.39 Å². The van der Waals surface area contributed by atoms with E-state index in [1.54, 1.807) is 19.1 Å². The van der Waals surface area contributed by atoms with Gasteiger partial charge in [0.05, 0.1) is 13.0 Å². The molecule has 0 unspecified atom stereocenters. The summed E-state index contributed by atoms with van der Waals surface area (Å²) < 4.78 is 17.8. The molecule has 0 amide bonds. The number of hydrogen-bond acceptors (Lipinski definition) is 3. The van der Waals surface area contributed by atoms with Gasteiger partial charge in [-0.05, 0) is 37.6 Å². The largest absolute Gasteiger partial charge is 0.466 e. The summed E-state index contributed by atoms with van der Waals surface area (Å²) in [4.78, 5) is 22.4. The summed E-state index contributed by atoms with van der Waals surface area (Å²) in [5.74, 6) is -0.920. The van der Waals surface area contributed by atoms with Gasteiger partial charge in [-0.1, -0.05) is 12.2 Å². The molecule has 0 N–H and O–H groups in total. The predicted octanol–water partition coefficient (Wildman–Crippen LogP) is 2.99. The number of rotatable bonds is 5. The molecule has 0 aliphatic rings. The minimum absolute atomic E-state index is 0.0989. The van der Waals surface area contributed by atoms with Gasteiger partial charge in [0.15, 0.2) is 5.78 Å². The first-order valence-electron chi connectivity index (χ1n) is 5.67. The highest BCUT2D eigenvalue weighted by molar-refractivity contribution is 5.97. The predicted molar refractivity (Wildman–Crippen MR) is 66.7 cm³/mol. The van der Waals surface area contributed by atoms with Crippen molar-refractivity contribution in [3.8, 4) is 0 Å². The van der Waals surface area contributed by atoms with Crippen molar-refractivity contribution in [3.05, 3.63) is 41.2 Å². The summed E-state index contributed by atoms with van der Waals surface area (Å²) in [5.41, 5.74) is 0.892. The molecule has 1 aromatic rings. The topological polar surface area (TPSA) is 43.4 Å². The second kappa shape index (κ2) is 6.69. The summed E-state index contributed by atoms with van der Waals surface area (Å²) in [6.07, 6.45) is 3.21. The van der Waals surface area contributed by atoms with Crippen LogP contribution in [0.4, 0.5) is 4.39 Å². The quantitative estimate of drug-likeness (QED) is 0.596. The lowest BCUT2D eigenvalue weighted by molar-refractivity contribution is -0.142. The van der Waals surface area contributed by atoms with Crippen LogP contribution in [0.3, 0.4) is 0 Å². The lowest BCUT2D eigenvalue weighted by atomic mass is 10.0. The molecule has 0 radical (unpaired) electrons. The maximum atomic E-state index is 13.1. The van der Waals surface area contributed by atoms with Gasteiger partial charge in [0.2, 0.25) is 0 Å². The number of hydrogen-bond donors (Lipinski definition) is 0. The third-order valence-electron chi connectivity index (χ3n) is 2.28. The zero-order chi connectivity index (χ0) is 13.5. The molecule has 96 valence electrons. The minimum atomic E-state index is -0.421. The molecular weight excluding hydrogens is 235 g/mol. The fraction of sp³-hybridized carbons (Fsp3) is 0.286. The number of esters is 1. The highest BCUT2D eigenvalue weighted by Crippen LogP contribution is 2.14. The van der Waals surface area contributed by atoms with E-state index in [1.165, 1.54) is 25.1 Å². The highest BCUT2D eigenvalue weighted by Gasteiger charge is 2.06. The Morgan fingerprint density at radius 2 is 2.11 bits per heavy atom. The Kier molecular flexibility index (Phi) is 5.24. The maximum absolute atomic E-state index is 13.1. The van der Waals surface area contributed by atoms with Crippen molar-refractivity contribution in [2.45, 2.75) is 20.3 Å². The van der Waals surface area contributed by atoms with Crippen molar-refractivity contribution < 1.29 is 18.7 Å². The standard InChI is InChI=1S/C14H15FO3/c1-3-18-14(17)6-4-5-11-9-12(15)7-8-13(11)10(2)16/h4-5,7-9H,3,6H2,1-2H3. The van der Waals surface area contributed by atoms with Crippen LogP contribution in [-0.4, -0.2) is 18.4 Å². The fourth-order valence-electron chi connectivity index (χ4n) is 1.49. The molecule has 0 fully saturated rings. The van der Waals surface area contributed by atoms with Crippen LogP contribution in [0.2, 0.25) is 0 Å². The van der Waals surface area contributed by atoms with E-state index in [2.05, 4.69) is 0 Å². The van der Waals surface area contributed by atoms with Crippen LogP contribution >= 0.6 is 0 Å². The molecule has 0 heterocycles. The highest BCUT2D eigenvalue weighted by atomic mass is 19.1. The number of carbonyl (C=O) groups is 2. The fourth-order valence-corrected chi connectivity index (χ4v) is 1.49. The van der Waals surface area contributed by atoms with E-state index in [-0.39, 0.29) is 18.2 Å². The van der Waals surface area contributed by atoms with Crippen LogP contribution in [0.1, 0.15) is 36.2 Å². The molecular formula is C14H15FO3. The van der Waals surface area contributed by atoms with Crippen molar-refractivity contribution in [2.24, 2.45) is 0 Å². The SMILES string of the molecule is CCOC(=O)CC=Cc1cc(F)ccc1C(C)=O. The van der Waals surface area contributed by atoms with Crippen molar-refractivity contribution in [2.75, 3.05) is 6.61 Å². The van der Waals surface area contributed by atoms with Crippen molar-refractivity contribution in [3.63, 3.8) is 0 Å². The second-order valence-electron chi connectivity index (χ2n) is 3.70. The third-order valence-corrected chi connectivity index (χ3v) is 2.28. The number of carbonyl (C=O) groups excluding carboxylic acids is 2. The van der Waals surface area contributed by atoms with Gasteiger partial charge in [-0.15, -0.1) is 0 Å². The molecule has 0 spiro atoms. The zero-order valence-electron chi connectivity index (χ0n) is 10.4. The van der Waals surface area contributed by atoms with E-state index < -0.39 is 5.82 Å². The van der Waals surface area contributed by atoms with Gasteiger partial charge >= 0.3 is 5.97 Å². The summed E-state index contributed by atoms with van der Waals surface area (Å²) in [5, 5.41) is 0. The summed E-state index contributed by atoms with van der Waals surface area (Å²) in [6.45, 7) is 3.46. The molecule has 1 rings (SSSR count). The van der Waals surface area contributed by atoms with Gasteiger partial charge < -0.3 is 4.74 Å². The molecule has 3 nitrogen and oxygen atoms in total. The molecule has 0 aromatic heterocycles. The smallest absolute Gasteiger partial charge is 0.309 e. The van der Waals surface area contributed by atoms with E-state index in [0.29, 0.717) is 17.7 Å². The van der Waals surface area contributed by atoms with Crippen LogP contribution in [-0.2, 0) is 9.53 Å². The first-order valence-corrected chi connectivity index (χ1v) is 5.67. The lowest BCUT2D eigenvalue weighted by Gasteiger charge is -2.02. The van der Waals surface area contributed by atoms with Crippen LogP contribution in [0.5, 0.6) is 0 Å². The Morgan fingerprint density at radius 3 is 2.72 bits per heavy atom. The number of Topliss-reactive ketones (excluding diaryl/α,β-unsaturated/α-hetero) is 1. The van der Waals surface area contributed by atoms with Crippen molar-refractivity contribution >= 4 is 17.8 Å². The van der Waals surface area contributed by atoms with Gasteiger partial charge in [0, 0.05) is 5.56 Å². The third kappa shape index (κ3) is 4.13. The zero-order valence-corrected chi connectivity index (χ0v) is 10.4. The van der Waals surface area contributed by atoms with E-state index in [9.17, 15) is 14.0 Å². The summed E-state index contributed by atoms with van der Waals surface area (Å²) >= 11 is 0. The maximum Gasteiger partial charge on any atom is 0.309 e. The van der Waals surface area contributed by atoms with E-state index >= 15 is 0 Å². The van der Waals surface area contributed by atoms with Crippen LogP contribution in [0.15, 0.2) is 24.3 Å². The Morgan fingerprint density at radius 1 is 1.39 bits per heavy atom. The van der Waals surface area contributed by atoms with Crippen molar-refractivity contribution in [1.82, 2.24) is 0 Å². The lowest BCUT2D eigenvalue weighted by Crippen LogP contribution is -2.01. The molecule has 0 aliphatic carbocycles. The molecule has 4 heteroatoms. The van der Waals surface area contributed by atoms with Crippen LogP contribution in [0.25, 0.3) is 6.08 Å². The average Bonchev–Trinajstić information content (AvgIpc) is 2.29.